The third kappa shape index (κ3) is 7.67. The van der Waals surface area contributed by atoms with E-state index in [0.29, 0.717) is 23.1 Å². The highest BCUT2D eigenvalue weighted by Crippen LogP contribution is 2.15. The van der Waals surface area contributed by atoms with Crippen molar-refractivity contribution in [3.63, 3.8) is 0 Å². The first-order valence-electron chi connectivity index (χ1n) is 8.62. The van der Waals surface area contributed by atoms with Gasteiger partial charge in [0, 0.05) is 12.1 Å². The predicted molar refractivity (Wildman–Crippen MR) is 107 cm³/mol. The fourth-order valence-electron chi connectivity index (χ4n) is 2.39. The van der Waals surface area contributed by atoms with Gasteiger partial charge in [0.25, 0.3) is 5.91 Å². The third-order valence-corrected chi connectivity index (χ3v) is 5.26. The molecule has 5 N–H and O–H groups in total. The lowest BCUT2D eigenvalue weighted by molar-refractivity contribution is 0.0943. The smallest absolute Gasteiger partial charge is 0.269 e. The van der Waals surface area contributed by atoms with Gasteiger partial charge >= 0.3 is 0 Å². The average Bonchev–Trinajstić information content (AvgIpc) is 2.57. The molecule has 1 atom stereocenters. The van der Waals surface area contributed by atoms with Crippen LogP contribution < -0.4 is 21.3 Å². The molecule has 146 valence electrons. The van der Waals surface area contributed by atoms with E-state index in [-0.39, 0.29) is 10.5 Å². The average molecular weight is 401 g/mol. The van der Waals surface area contributed by atoms with Gasteiger partial charge in [0.1, 0.15) is 0 Å². The molecule has 0 saturated heterocycles. The van der Waals surface area contributed by atoms with Gasteiger partial charge in [0.05, 0.1) is 4.90 Å². The molecule has 0 aliphatic carbocycles. The monoisotopic (exact) mass is 400 g/mol. The maximum atomic E-state index is 12.2. The highest BCUT2D eigenvalue weighted by Gasteiger charge is 2.15. The second kappa shape index (κ2) is 10.4. The largest absolute Gasteiger partial charge is 0.361 e. The van der Waals surface area contributed by atoms with Crippen molar-refractivity contribution in [3.8, 4) is 0 Å². The fraction of sp³-hybridized carbons (Fsp3) is 0.529. The normalized spacial score (nSPS) is 12.3. The van der Waals surface area contributed by atoms with E-state index in [0.717, 1.165) is 6.42 Å². The van der Waals surface area contributed by atoms with Gasteiger partial charge < -0.3 is 5.32 Å². The summed E-state index contributed by atoms with van der Waals surface area (Å²) in [6.07, 6.45) is 4.73. The van der Waals surface area contributed by atoms with Crippen LogP contribution in [0.1, 0.15) is 55.5 Å². The van der Waals surface area contributed by atoms with Crippen LogP contribution in [-0.4, -0.2) is 26.0 Å². The van der Waals surface area contributed by atoms with Crippen molar-refractivity contribution in [2.45, 2.75) is 51.3 Å². The SMILES string of the molecule is CCCCC[C@@H](C)CNC(=S)NNC(=O)c1ccc(C)c(S(N)(=O)=O)c1. The Morgan fingerprint density at radius 1 is 1.27 bits per heavy atom. The Hall–Kier alpha value is -1.71. The van der Waals surface area contributed by atoms with Gasteiger partial charge in [-0.15, -0.1) is 0 Å². The molecule has 0 unspecified atom stereocenters. The molecule has 0 heterocycles. The minimum Gasteiger partial charge on any atom is -0.361 e. The second-order valence-corrected chi connectivity index (χ2v) is 8.35. The first-order valence-corrected chi connectivity index (χ1v) is 10.6. The van der Waals surface area contributed by atoms with E-state index in [1.165, 1.54) is 37.5 Å². The summed E-state index contributed by atoms with van der Waals surface area (Å²) < 4.78 is 23.1. The summed E-state index contributed by atoms with van der Waals surface area (Å²) in [5.41, 5.74) is 5.71. The molecule has 7 nitrogen and oxygen atoms in total. The van der Waals surface area contributed by atoms with E-state index in [4.69, 9.17) is 17.4 Å². The number of nitrogens with one attached hydrogen (secondary N) is 3. The summed E-state index contributed by atoms with van der Waals surface area (Å²) in [7, 11) is -3.89. The molecular formula is C17H28N4O3S2. The molecule has 0 fully saturated rings. The van der Waals surface area contributed by atoms with E-state index in [9.17, 15) is 13.2 Å². The van der Waals surface area contributed by atoms with Crippen molar-refractivity contribution in [2.24, 2.45) is 11.1 Å². The Labute approximate surface area is 161 Å². The first-order chi connectivity index (χ1) is 12.1. The Morgan fingerprint density at radius 2 is 1.96 bits per heavy atom. The number of benzene rings is 1. The summed E-state index contributed by atoms with van der Waals surface area (Å²) in [6, 6.07) is 4.30. The van der Waals surface area contributed by atoms with Crippen molar-refractivity contribution in [1.29, 1.82) is 0 Å². The number of hydrazine groups is 1. The number of rotatable bonds is 8. The van der Waals surface area contributed by atoms with Crippen molar-refractivity contribution in [3.05, 3.63) is 29.3 Å². The van der Waals surface area contributed by atoms with Crippen LogP contribution in [0.3, 0.4) is 0 Å². The highest BCUT2D eigenvalue weighted by molar-refractivity contribution is 7.89. The second-order valence-electron chi connectivity index (χ2n) is 6.42. The van der Waals surface area contributed by atoms with Crippen LogP contribution in [0.5, 0.6) is 0 Å². The summed E-state index contributed by atoms with van der Waals surface area (Å²) in [6.45, 7) is 6.64. The summed E-state index contributed by atoms with van der Waals surface area (Å²) in [4.78, 5) is 12.1. The van der Waals surface area contributed by atoms with Gasteiger partial charge in [0.15, 0.2) is 5.11 Å². The molecule has 0 spiro atoms. The number of sulfonamides is 1. The number of thiocarbonyl (C=S) groups is 1. The lowest BCUT2D eigenvalue weighted by Gasteiger charge is -2.15. The van der Waals surface area contributed by atoms with Crippen molar-refractivity contribution >= 4 is 33.3 Å². The predicted octanol–water partition coefficient (Wildman–Crippen LogP) is 1.97. The van der Waals surface area contributed by atoms with E-state index in [2.05, 4.69) is 30.0 Å². The highest BCUT2D eigenvalue weighted by atomic mass is 32.2. The number of aryl methyl sites for hydroxylation is 1. The molecule has 0 radical (unpaired) electrons. The van der Waals surface area contributed by atoms with Gasteiger partial charge in [-0.25, -0.2) is 13.6 Å². The standard InChI is InChI=1S/C17H28N4O3S2/c1-4-5-6-7-12(2)11-19-17(25)21-20-16(22)14-9-8-13(3)15(10-14)26(18,23)24/h8-10,12H,4-7,11H2,1-3H3,(H,20,22)(H2,18,23,24)(H2,19,21,25)/t12-/m1/s1. The van der Waals surface area contributed by atoms with E-state index >= 15 is 0 Å². The third-order valence-electron chi connectivity index (χ3n) is 3.96. The van der Waals surface area contributed by atoms with Gasteiger partial charge in [-0.1, -0.05) is 39.2 Å². The number of carbonyl (C=O) groups excluding carboxylic acids is 1. The molecule has 0 bridgehead atoms. The zero-order valence-corrected chi connectivity index (χ0v) is 17.1. The molecule has 1 amide bonds. The van der Waals surface area contributed by atoms with Crippen molar-refractivity contribution in [1.82, 2.24) is 16.2 Å². The van der Waals surface area contributed by atoms with Crippen LogP contribution in [0.2, 0.25) is 0 Å². The molecule has 26 heavy (non-hydrogen) atoms. The number of hydrogen-bond donors (Lipinski definition) is 4. The van der Waals surface area contributed by atoms with Gasteiger partial charge in [0.2, 0.25) is 10.0 Å². The van der Waals surface area contributed by atoms with Crippen LogP contribution >= 0.6 is 12.2 Å². The Bertz CT molecular complexity index is 736. The number of unbranched alkanes of at least 4 members (excludes halogenated alkanes) is 2. The van der Waals surface area contributed by atoms with Crippen LogP contribution in [0, 0.1) is 12.8 Å². The number of nitrogens with two attached hydrogens (primary N) is 1. The van der Waals surface area contributed by atoms with Crippen molar-refractivity contribution < 1.29 is 13.2 Å². The summed E-state index contributed by atoms with van der Waals surface area (Å²) >= 11 is 5.13. The van der Waals surface area contributed by atoms with E-state index in [1.54, 1.807) is 6.92 Å². The van der Waals surface area contributed by atoms with Crippen LogP contribution in [0.25, 0.3) is 0 Å². The fourth-order valence-corrected chi connectivity index (χ4v) is 3.33. The van der Waals surface area contributed by atoms with Gasteiger partial charge in [-0.2, -0.15) is 0 Å². The van der Waals surface area contributed by atoms with E-state index in [1.807, 2.05) is 0 Å². The lowest BCUT2D eigenvalue weighted by Crippen LogP contribution is -2.47. The topological polar surface area (TPSA) is 113 Å². The number of carbonyl (C=O) groups is 1. The molecule has 1 aromatic rings. The number of amides is 1. The molecular weight excluding hydrogens is 372 g/mol. The zero-order chi connectivity index (χ0) is 19.7. The quantitative estimate of drug-likeness (QED) is 0.301. The molecule has 0 aliphatic heterocycles. The molecule has 0 saturated carbocycles. The molecule has 9 heteroatoms. The minimum atomic E-state index is -3.89. The van der Waals surface area contributed by atoms with E-state index < -0.39 is 15.9 Å². The van der Waals surface area contributed by atoms with Crippen molar-refractivity contribution in [2.75, 3.05) is 6.54 Å². The molecule has 0 aliphatic rings. The maximum Gasteiger partial charge on any atom is 0.269 e. The maximum absolute atomic E-state index is 12.2. The molecule has 1 aromatic carbocycles. The molecule has 1 rings (SSSR count). The number of hydrogen-bond acceptors (Lipinski definition) is 4. The van der Waals surface area contributed by atoms with Gasteiger partial charge in [-0.05, 0) is 49.2 Å². The number of primary sulfonamides is 1. The summed E-state index contributed by atoms with van der Waals surface area (Å²) in [5.74, 6) is -0.0264. The zero-order valence-electron chi connectivity index (χ0n) is 15.5. The Balaban J connectivity index is 2.50. The first kappa shape index (κ1) is 22.3. The van der Waals surface area contributed by atoms with Crippen LogP contribution in [0.15, 0.2) is 23.1 Å². The van der Waals surface area contributed by atoms with Crippen LogP contribution in [0.4, 0.5) is 0 Å². The van der Waals surface area contributed by atoms with Gasteiger partial charge in [-0.3, -0.25) is 15.6 Å². The Kier molecular flexibility index (Phi) is 8.97. The minimum absolute atomic E-state index is 0.0771. The lowest BCUT2D eigenvalue weighted by atomic mass is 10.0. The van der Waals surface area contributed by atoms with Crippen LogP contribution in [-0.2, 0) is 10.0 Å². The summed E-state index contributed by atoms with van der Waals surface area (Å²) in [5, 5.41) is 8.51. The Morgan fingerprint density at radius 3 is 2.58 bits per heavy atom. The molecule has 0 aromatic heterocycles.